The molecule has 134 valence electrons. The van der Waals surface area contributed by atoms with Gasteiger partial charge in [0.25, 0.3) is 0 Å². The second kappa shape index (κ2) is 8.45. The minimum atomic E-state index is -0.710. The van der Waals surface area contributed by atoms with Crippen LogP contribution in [0, 0.1) is 5.92 Å². The summed E-state index contributed by atoms with van der Waals surface area (Å²) in [6.45, 7) is 2.85. The summed E-state index contributed by atoms with van der Waals surface area (Å²) in [6, 6.07) is 7.35. The Kier molecular flexibility index (Phi) is 6.04. The minimum absolute atomic E-state index is 0.257. The van der Waals surface area contributed by atoms with Crippen molar-refractivity contribution < 1.29 is 14.4 Å². The molecule has 0 aliphatic carbocycles. The second-order valence-corrected chi connectivity index (χ2v) is 6.95. The van der Waals surface area contributed by atoms with E-state index in [0.717, 1.165) is 44.5 Å². The number of halogens is 1. The summed E-state index contributed by atoms with van der Waals surface area (Å²) in [5.74, 6) is 0.956. The van der Waals surface area contributed by atoms with Crippen molar-refractivity contribution in [1.29, 1.82) is 0 Å². The van der Waals surface area contributed by atoms with Gasteiger partial charge in [0.05, 0.1) is 0 Å². The van der Waals surface area contributed by atoms with Gasteiger partial charge in [-0.05, 0) is 56.0 Å². The molecule has 1 N–H and O–H groups in total. The number of likely N-dealkylation sites (tertiary alicyclic amines) is 1. The Labute approximate surface area is 151 Å². The average molecular weight is 364 g/mol. The van der Waals surface area contributed by atoms with Gasteiger partial charge in [-0.3, -0.25) is 4.79 Å². The van der Waals surface area contributed by atoms with Gasteiger partial charge in [0.1, 0.15) is 0 Å². The van der Waals surface area contributed by atoms with Gasteiger partial charge in [-0.15, -0.1) is 0 Å². The van der Waals surface area contributed by atoms with E-state index in [4.69, 9.17) is 21.2 Å². The Bertz CT molecular complexity index is 702. The van der Waals surface area contributed by atoms with E-state index in [0.29, 0.717) is 29.1 Å². The van der Waals surface area contributed by atoms with Crippen LogP contribution in [0.3, 0.4) is 0 Å². The molecular formula is C18H22ClN3O3. The fourth-order valence-electron chi connectivity index (χ4n) is 3.24. The van der Waals surface area contributed by atoms with Gasteiger partial charge in [-0.1, -0.05) is 16.8 Å². The molecular weight excluding hydrogens is 342 g/mol. The number of rotatable bonds is 7. The molecule has 1 aromatic carbocycles. The molecule has 0 saturated carbocycles. The Morgan fingerprint density at radius 1 is 1.36 bits per heavy atom. The van der Waals surface area contributed by atoms with Gasteiger partial charge in [-0.2, -0.15) is 4.98 Å². The molecule has 6 nitrogen and oxygen atoms in total. The zero-order chi connectivity index (χ0) is 17.6. The zero-order valence-corrected chi connectivity index (χ0v) is 14.8. The number of carboxylic acid groups (broad SMARTS) is 1. The molecule has 2 heterocycles. The fourth-order valence-corrected chi connectivity index (χ4v) is 3.37. The van der Waals surface area contributed by atoms with Gasteiger partial charge in [0.15, 0.2) is 0 Å². The predicted molar refractivity (Wildman–Crippen MR) is 94.5 cm³/mol. The molecule has 7 heteroatoms. The largest absolute Gasteiger partial charge is 0.481 e. The van der Waals surface area contributed by atoms with E-state index in [1.165, 1.54) is 0 Å². The molecule has 0 radical (unpaired) electrons. The van der Waals surface area contributed by atoms with Crippen LogP contribution < -0.4 is 0 Å². The Morgan fingerprint density at radius 2 is 2.16 bits per heavy atom. The highest BCUT2D eigenvalue weighted by molar-refractivity contribution is 6.30. The molecule has 1 aliphatic heterocycles. The van der Waals surface area contributed by atoms with Crippen molar-refractivity contribution in [3.05, 3.63) is 35.2 Å². The molecule has 0 spiro atoms. The SMILES string of the molecule is O=C(O)CCC1CCCN(CCc2nc(-c3ccc(Cl)cc3)no2)C1. The van der Waals surface area contributed by atoms with Crippen molar-refractivity contribution in [2.24, 2.45) is 5.92 Å². The van der Waals surface area contributed by atoms with Crippen LogP contribution in [-0.2, 0) is 11.2 Å². The molecule has 0 amide bonds. The van der Waals surface area contributed by atoms with Gasteiger partial charge < -0.3 is 14.5 Å². The van der Waals surface area contributed by atoms with Crippen LogP contribution >= 0.6 is 11.6 Å². The lowest BCUT2D eigenvalue weighted by Crippen LogP contribution is -2.36. The van der Waals surface area contributed by atoms with Gasteiger partial charge in [0, 0.05) is 36.5 Å². The van der Waals surface area contributed by atoms with Gasteiger partial charge in [0.2, 0.25) is 11.7 Å². The average Bonchev–Trinajstić information content (AvgIpc) is 3.08. The molecule has 1 aromatic heterocycles. The van der Waals surface area contributed by atoms with E-state index < -0.39 is 5.97 Å². The number of hydrogen-bond acceptors (Lipinski definition) is 5. The van der Waals surface area contributed by atoms with Crippen LogP contribution in [-0.4, -0.2) is 45.8 Å². The number of carboxylic acids is 1. The first-order valence-electron chi connectivity index (χ1n) is 8.63. The lowest BCUT2D eigenvalue weighted by Gasteiger charge is -2.32. The number of aromatic nitrogens is 2. The van der Waals surface area contributed by atoms with Crippen LogP contribution in [0.1, 0.15) is 31.6 Å². The number of piperidine rings is 1. The van der Waals surface area contributed by atoms with Crippen molar-refractivity contribution in [3.8, 4) is 11.4 Å². The highest BCUT2D eigenvalue weighted by Crippen LogP contribution is 2.22. The molecule has 0 bridgehead atoms. The molecule has 1 fully saturated rings. The molecule has 3 rings (SSSR count). The third-order valence-corrected chi connectivity index (χ3v) is 4.83. The van der Waals surface area contributed by atoms with Crippen LogP contribution in [0.2, 0.25) is 5.02 Å². The number of aliphatic carboxylic acids is 1. The first-order valence-corrected chi connectivity index (χ1v) is 9.00. The van der Waals surface area contributed by atoms with Crippen LogP contribution in [0.15, 0.2) is 28.8 Å². The molecule has 25 heavy (non-hydrogen) atoms. The predicted octanol–water partition coefficient (Wildman–Crippen LogP) is 3.51. The number of benzene rings is 1. The molecule has 2 aromatic rings. The summed E-state index contributed by atoms with van der Waals surface area (Å²) in [7, 11) is 0. The fraction of sp³-hybridized carbons (Fsp3) is 0.500. The third-order valence-electron chi connectivity index (χ3n) is 4.58. The van der Waals surface area contributed by atoms with Crippen molar-refractivity contribution >= 4 is 17.6 Å². The lowest BCUT2D eigenvalue weighted by molar-refractivity contribution is -0.137. The van der Waals surface area contributed by atoms with E-state index in [1.54, 1.807) is 12.1 Å². The van der Waals surface area contributed by atoms with Crippen LogP contribution in [0.4, 0.5) is 0 Å². The van der Waals surface area contributed by atoms with E-state index in [2.05, 4.69) is 15.0 Å². The summed E-state index contributed by atoms with van der Waals surface area (Å²) in [5, 5.41) is 13.5. The highest BCUT2D eigenvalue weighted by atomic mass is 35.5. The van der Waals surface area contributed by atoms with Crippen molar-refractivity contribution in [3.63, 3.8) is 0 Å². The lowest BCUT2D eigenvalue weighted by atomic mass is 9.93. The maximum Gasteiger partial charge on any atom is 0.303 e. The Morgan fingerprint density at radius 3 is 2.92 bits per heavy atom. The first-order chi connectivity index (χ1) is 12.1. The smallest absolute Gasteiger partial charge is 0.303 e. The normalized spacial score (nSPS) is 18.4. The highest BCUT2D eigenvalue weighted by Gasteiger charge is 2.21. The van der Waals surface area contributed by atoms with E-state index in [-0.39, 0.29) is 6.42 Å². The van der Waals surface area contributed by atoms with Crippen molar-refractivity contribution in [2.75, 3.05) is 19.6 Å². The molecule has 1 unspecified atom stereocenters. The summed E-state index contributed by atoms with van der Waals surface area (Å²) >= 11 is 5.89. The van der Waals surface area contributed by atoms with Crippen molar-refractivity contribution in [2.45, 2.75) is 32.1 Å². The van der Waals surface area contributed by atoms with Crippen LogP contribution in [0.25, 0.3) is 11.4 Å². The second-order valence-electron chi connectivity index (χ2n) is 6.51. The maximum atomic E-state index is 10.7. The zero-order valence-electron chi connectivity index (χ0n) is 14.0. The standard InChI is InChI=1S/C18H22ClN3O3/c19-15-6-4-14(5-7-15)18-20-16(25-21-18)9-11-22-10-1-2-13(12-22)3-8-17(23)24/h4-7,13H,1-3,8-12H2,(H,23,24). The first kappa shape index (κ1) is 17.9. The topological polar surface area (TPSA) is 79.5 Å². The summed E-state index contributed by atoms with van der Waals surface area (Å²) in [4.78, 5) is 17.5. The third kappa shape index (κ3) is 5.28. The summed E-state index contributed by atoms with van der Waals surface area (Å²) in [6.07, 6.45) is 3.95. The van der Waals surface area contributed by atoms with Gasteiger partial charge >= 0.3 is 5.97 Å². The quantitative estimate of drug-likeness (QED) is 0.810. The summed E-state index contributed by atoms with van der Waals surface area (Å²) < 4.78 is 5.35. The Balaban J connectivity index is 1.50. The number of carbonyl (C=O) groups is 1. The summed E-state index contributed by atoms with van der Waals surface area (Å²) in [5.41, 5.74) is 0.881. The van der Waals surface area contributed by atoms with Crippen LogP contribution in [0.5, 0.6) is 0 Å². The maximum absolute atomic E-state index is 10.7. The number of hydrogen-bond donors (Lipinski definition) is 1. The monoisotopic (exact) mass is 363 g/mol. The van der Waals surface area contributed by atoms with E-state index in [1.807, 2.05) is 12.1 Å². The number of nitrogens with zero attached hydrogens (tertiary/aromatic N) is 3. The van der Waals surface area contributed by atoms with Crippen molar-refractivity contribution in [1.82, 2.24) is 15.0 Å². The van der Waals surface area contributed by atoms with E-state index >= 15 is 0 Å². The molecule has 1 atom stereocenters. The van der Waals surface area contributed by atoms with E-state index in [9.17, 15) is 4.79 Å². The molecule has 1 saturated heterocycles. The molecule has 1 aliphatic rings. The minimum Gasteiger partial charge on any atom is -0.481 e. The van der Waals surface area contributed by atoms with Gasteiger partial charge in [-0.25, -0.2) is 0 Å². The Hall–Kier alpha value is -1.92.